The number of aliphatic hydroxyl groups excluding tert-OH is 1. The molecule has 0 radical (unpaired) electrons. The number of hydrogen-bond acceptors (Lipinski definition) is 3. The third kappa shape index (κ3) is 1.88. The van der Waals surface area contributed by atoms with Crippen molar-refractivity contribution in [2.24, 2.45) is 5.92 Å². The highest BCUT2D eigenvalue weighted by molar-refractivity contribution is 4.43. The molecule has 0 amide bonds. The summed E-state index contributed by atoms with van der Waals surface area (Å²) in [5.74, 6) is -0.301. The molecule has 0 spiro atoms. The lowest BCUT2D eigenvalue weighted by Crippen LogP contribution is -2.24. The van der Waals surface area contributed by atoms with Crippen LogP contribution >= 0.6 is 0 Å². The van der Waals surface area contributed by atoms with E-state index in [1.54, 1.807) is 13.8 Å². The van der Waals surface area contributed by atoms with Gasteiger partial charge >= 0.3 is 6.23 Å². The van der Waals surface area contributed by atoms with Crippen molar-refractivity contribution < 1.29 is 10.0 Å². The van der Waals surface area contributed by atoms with E-state index in [-0.39, 0.29) is 5.92 Å². The third-order valence-electron chi connectivity index (χ3n) is 0.812. The van der Waals surface area contributed by atoms with Crippen LogP contribution < -0.4 is 0 Å². The Balaban J connectivity index is 3.64. The summed E-state index contributed by atoms with van der Waals surface area (Å²) >= 11 is 0. The molecule has 0 aromatic rings. The quantitative estimate of drug-likeness (QED) is 0.321. The second-order valence-electron chi connectivity index (χ2n) is 1.94. The van der Waals surface area contributed by atoms with Gasteiger partial charge in [0.15, 0.2) is 0 Å². The third-order valence-corrected chi connectivity index (χ3v) is 0.812. The molecule has 0 bridgehead atoms. The molecule has 1 N–H and O–H groups in total. The van der Waals surface area contributed by atoms with Gasteiger partial charge in [-0.1, -0.05) is 13.8 Å². The van der Waals surface area contributed by atoms with Gasteiger partial charge < -0.3 is 5.11 Å². The van der Waals surface area contributed by atoms with Crippen molar-refractivity contribution in [3.63, 3.8) is 0 Å². The monoisotopic (exact) mass is 119 g/mol. The molecule has 0 saturated carbocycles. The highest BCUT2D eigenvalue weighted by Crippen LogP contribution is 1.99. The van der Waals surface area contributed by atoms with Crippen LogP contribution in [0.4, 0.5) is 0 Å². The van der Waals surface area contributed by atoms with Gasteiger partial charge in [0.05, 0.1) is 4.92 Å². The van der Waals surface area contributed by atoms with Gasteiger partial charge in [-0.2, -0.15) is 0 Å². The van der Waals surface area contributed by atoms with Crippen LogP contribution in [0.5, 0.6) is 0 Å². The van der Waals surface area contributed by atoms with Gasteiger partial charge in [0.1, 0.15) is 0 Å². The Kier molecular flexibility index (Phi) is 2.41. The summed E-state index contributed by atoms with van der Waals surface area (Å²) in [6.07, 6.45) is -1.41. The van der Waals surface area contributed by atoms with Gasteiger partial charge in [-0.25, -0.2) is 0 Å². The summed E-state index contributed by atoms with van der Waals surface area (Å²) < 4.78 is 0. The van der Waals surface area contributed by atoms with Crippen LogP contribution in [0.25, 0.3) is 0 Å². The minimum absolute atomic E-state index is 0.301. The molecule has 0 fully saturated rings. The molecule has 1 unspecified atom stereocenters. The highest BCUT2D eigenvalue weighted by Gasteiger charge is 2.18. The predicted molar refractivity (Wildman–Crippen MR) is 27.8 cm³/mol. The minimum atomic E-state index is -1.41. The van der Waals surface area contributed by atoms with E-state index in [0.717, 1.165) is 0 Å². The molecule has 0 heterocycles. The molecule has 0 aliphatic heterocycles. The topological polar surface area (TPSA) is 63.4 Å². The average molecular weight is 119 g/mol. The van der Waals surface area contributed by atoms with Gasteiger partial charge in [0, 0.05) is 5.92 Å². The first-order valence-electron chi connectivity index (χ1n) is 2.37. The van der Waals surface area contributed by atoms with Crippen LogP contribution in [-0.2, 0) is 0 Å². The lowest BCUT2D eigenvalue weighted by atomic mass is 10.2. The zero-order valence-corrected chi connectivity index (χ0v) is 4.87. The zero-order chi connectivity index (χ0) is 6.73. The maximum Gasteiger partial charge on any atom is 0.315 e. The summed E-state index contributed by atoms with van der Waals surface area (Å²) in [6.45, 7) is 3.18. The van der Waals surface area contributed by atoms with E-state index in [2.05, 4.69) is 0 Å². The summed E-state index contributed by atoms with van der Waals surface area (Å²) in [5.41, 5.74) is 0. The van der Waals surface area contributed by atoms with E-state index in [0.29, 0.717) is 0 Å². The number of rotatable bonds is 2. The first kappa shape index (κ1) is 7.36. The molecular formula is C4H9NO3. The Morgan fingerprint density at radius 1 is 1.62 bits per heavy atom. The molecule has 4 nitrogen and oxygen atoms in total. The van der Waals surface area contributed by atoms with Gasteiger partial charge in [-0.15, -0.1) is 0 Å². The molecule has 4 heteroatoms. The summed E-state index contributed by atoms with van der Waals surface area (Å²) in [7, 11) is 0. The van der Waals surface area contributed by atoms with Crippen LogP contribution in [0.15, 0.2) is 0 Å². The van der Waals surface area contributed by atoms with Crippen molar-refractivity contribution in [1.82, 2.24) is 0 Å². The van der Waals surface area contributed by atoms with Crippen LogP contribution in [0, 0.1) is 16.0 Å². The SMILES string of the molecule is CC(C)C(O)[N+](=O)[O-]. The molecule has 0 aliphatic rings. The number of nitro groups is 1. The molecule has 0 rings (SSSR count). The molecular weight excluding hydrogens is 110 g/mol. The smallest absolute Gasteiger partial charge is 0.315 e. The lowest BCUT2D eigenvalue weighted by molar-refractivity contribution is -0.579. The Morgan fingerprint density at radius 3 is 2.00 bits per heavy atom. The Labute approximate surface area is 47.3 Å². The van der Waals surface area contributed by atoms with Gasteiger partial charge in [-0.3, -0.25) is 10.1 Å². The minimum Gasteiger partial charge on any atom is -0.333 e. The molecule has 0 aromatic carbocycles. The normalized spacial score (nSPS) is 14.0. The first-order valence-corrected chi connectivity index (χ1v) is 2.37. The predicted octanol–water partition coefficient (Wildman–Crippen LogP) is 0.237. The van der Waals surface area contributed by atoms with Crippen molar-refractivity contribution in [3.8, 4) is 0 Å². The second kappa shape index (κ2) is 2.61. The van der Waals surface area contributed by atoms with Crippen LogP contribution in [-0.4, -0.2) is 16.3 Å². The largest absolute Gasteiger partial charge is 0.333 e. The molecule has 1 atom stereocenters. The van der Waals surface area contributed by atoms with Crippen LogP contribution in [0.3, 0.4) is 0 Å². The highest BCUT2D eigenvalue weighted by atomic mass is 16.7. The van der Waals surface area contributed by atoms with E-state index in [1.807, 2.05) is 0 Å². The van der Waals surface area contributed by atoms with E-state index < -0.39 is 11.2 Å². The van der Waals surface area contributed by atoms with Crippen LogP contribution in [0.2, 0.25) is 0 Å². The zero-order valence-electron chi connectivity index (χ0n) is 4.87. The van der Waals surface area contributed by atoms with Crippen molar-refractivity contribution in [3.05, 3.63) is 10.1 Å². The van der Waals surface area contributed by atoms with Gasteiger partial charge in [-0.05, 0) is 0 Å². The van der Waals surface area contributed by atoms with Crippen LogP contribution in [0.1, 0.15) is 13.8 Å². The van der Waals surface area contributed by atoms with Crippen molar-refractivity contribution in [2.45, 2.75) is 20.1 Å². The Hall–Kier alpha value is -0.640. The van der Waals surface area contributed by atoms with E-state index >= 15 is 0 Å². The molecule has 48 valence electrons. The maximum atomic E-state index is 9.70. The second-order valence-corrected chi connectivity index (χ2v) is 1.94. The molecule has 0 aromatic heterocycles. The Bertz CT molecular complexity index is 91.3. The average Bonchev–Trinajstić information content (AvgIpc) is 1.64. The molecule has 0 aliphatic carbocycles. The van der Waals surface area contributed by atoms with Gasteiger partial charge in [0.25, 0.3) is 0 Å². The standard InChI is InChI=1S/C4H9NO3/c1-3(2)4(6)5(7)8/h3-4,6H,1-2H3. The summed E-state index contributed by atoms with van der Waals surface area (Å²) in [5, 5.41) is 18.2. The fourth-order valence-corrected chi connectivity index (χ4v) is 0.243. The maximum absolute atomic E-state index is 9.70. The van der Waals surface area contributed by atoms with Crippen molar-refractivity contribution in [2.75, 3.05) is 0 Å². The van der Waals surface area contributed by atoms with E-state index in [9.17, 15) is 10.1 Å². The fourth-order valence-electron chi connectivity index (χ4n) is 0.243. The summed E-state index contributed by atoms with van der Waals surface area (Å²) in [6, 6.07) is 0. The molecule has 8 heavy (non-hydrogen) atoms. The number of aliphatic hydroxyl groups is 1. The number of nitrogens with zero attached hydrogens (tertiary/aromatic N) is 1. The van der Waals surface area contributed by atoms with Crippen molar-refractivity contribution >= 4 is 0 Å². The number of hydrogen-bond donors (Lipinski definition) is 1. The van der Waals surface area contributed by atoms with E-state index in [4.69, 9.17) is 5.11 Å². The van der Waals surface area contributed by atoms with E-state index in [1.165, 1.54) is 0 Å². The van der Waals surface area contributed by atoms with Crippen molar-refractivity contribution in [1.29, 1.82) is 0 Å². The lowest BCUT2D eigenvalue weighted by Gasteiger charge is -2.03. The van der Waals surface area contributed by atoms with Gasteiger partial charge in [0.2, 0.25) is 0 Å². The first-order chi connectivity index (χ1) is 3.55. The molecule has 0 saturated heterocycles. The fraction of sp³-hybridized carbons (Fsp3) is 1.00. The summed E-state index contributed by atoms with van der Waals surface area (Å²) in [4.78, 5) is 8.99. The Morgan fingerprint density at radius 2 is 2.00 bits per heavy atom.